The van der Waals surface area contributed by atoms with Crippen molar-refractivity contribution in [2.24, 2.45) is 0 Å². The minimum atomic E-state index is -0.321. The van der Waals surface area contributed by atoms with E-state index in [1.807, 2.05) is 60.7 Å². The van der Waals surface area contributed by atoms with Crippen LogP contribution in [0.3, 0.4) is 0 Å². The standard InChI is InChI=1S/C20H15ClN2OS/c21-18-8-4-3-6-15(18)10-12-19(24)23-20(25)22-17-11-9-14-5-1-2-7-16(14)13-17/h1-13H,(H2,22,23,24,25)/b12-10+. The molecule has 3 aromatic rings. The molecule has 0 aromatic heterocycles. The molecule has 0 bridgehead atoms. The highest BCUT2D eigenvalue weighted by Crippen LogP contribution is 2.19. The molecule has 3 rings (SSSR count). The monoisotopic (exact) mass is 366 g/mol. The van der Waals surface area contributed by atoms with Gasteiger partial charge in [-0.3, -0.25) is 10.1 Å². The van der Waals surface area contributed by atoms with Crippen LogP contribution in [0, 0.1) is 0 Å². The van der Waals surface area contributed by atoms with E-state index in [2.05, 4.69) is 10.6 Å². The van der Waals surface area contributed by atoms with E-state index in [9.17, 15) is 4.79 Å². The maximum atomic E-state index is 12.0. The lowest BCUT2D eigenvalue weighted by Crippen LogP contribution is -2.32. The Morgan fingerprint density at radius 2 is 1.68 bits per heavy atom. The molecule has 25 heavy (non-hydrogen) atoms. The fourth-order valence-electron chi connectivity index (χ4n) is 2.36. The second kappa shape index (κ2) is 7.92. The number of carbonyl (C=O) groups is 1. The third kappa shape index (κ3) is 4.66. The van der Waals surface area contributed by atoms with Crippen molar-refractivity contribution in [3.63, 3.8) is 0 Å². The molecule has 0 radical (unpaired) electrons. The molecule has 0 unspecified atom stereocenters. The molecule has 0 aliphatic heterocycles. The third-order valence-electron chi connectivity index (χ3n) is 3.56. The van der Waals surface area contributed by atoms with Crippen molar-refractivity contribution in [2.75, 3.05) is 5.32 Å². The lowest BCUT2D eigenvalue weighted by molar-refractivity contribution is -0.115. The summed E-state index contributed by atoms with van der Waals surface area (Å²) in [6, 6.07) is 21.2. The van der Waals surface area contributed by atoms with Crippen LogP contribution in [-0.2, 0) is 4.79 Å². The van der Waals surface area contributed by atoms with E-state index < -0.39 is 0 Å². The average Bonchev–Trinajstić information content (AvgIpc) is 2.61. The van der Waals surface area contributed by atoms with Crippen LogP contribution in [-0.4, -0.2) is 11.0 Å². The second-order valence-electron chi connectivity index (χ2n) is 5.36. The predicted octanol–water partition coefficient (Wildman–Crippen LogP) is 5.02. The Hall–Kier alpha value is -2.69. The first-order chi connectivity index (χ1) is 12.1. The van der Waals surface area contributed by atoms with Gasteiger partial charge in [0.05, 0.1) is 0 Å². The summed E-state index contributed by atoms with van der Waals surface area (Å²) in [5.41, 5.74) is 1.59. The van der Waals surface area contributed by atoms with Crippen molar-refractivity contribution < 1.29 is 4.79 Å². The summed E-state index contributed by atoms with van der Waals surface area (Å²) in [6.07, 6.45) is 3.05. The second-order valence-corrected chi connectivity index (χ2v) is 6.18. The Balaban J connectivity index is 1.61. The number of benzene rings is 3. The molecule has 0 fully saturated rings. The number of halogens is 1. The smallest absolute Gasteiger partial charge is 0.250 e. The highest BCUT2D eigenvalue weighted by molar-refractivity contribution is 7.80. The van der Waals surface area contributed by atoms with Crippen LogP contribution in [0.25, 0.3) is 16.8 Å². The van der Waals surface area contributed by atoms with Crippen LogP contribution in [0.4, 0.5) is 5.69 Å². The Morgan fingerprint density at radius 1 is 0.960 bits per heavy atom. The van der Waals surface area contributed by atoms with Crippen molar-refractivity contribution in [1.82, 2.24) is 5.32 Å². The van der Waals surface area contributed by atoms with Gasteiger partial charge >= 0.3 is 0 Å². The maximum Gasteiger partial charge on any atom is 0.250 e. The van der Waals surface area contributed by atoms with Gasteiger partial charge in [-0.2, -0.15) is 0 Å². The normalized spacial score (nSPS) is 10.8. The van der Waals surface area contributed by atoms with Gasteiger partial charge < -0.3 is 5.32 Å². The summed E-state index contributed by atoms with van der Waals surface area (Å²) >= 11 is 11.2. The third-order valence-corrected chi connectivity index (χ3v) is 4.11. The van der Waals surface area contributed by atoms with Gasteiger partial charge in [0, 0.05) is 16.8 Å². The molecule has 3 aromatic carbocycles. The topological polar surface area (TPSA) is 41.1 Å². The van der Waals surface area contributed by atoms with Crippen molar-refractivity contribution in [3.05, 3.63) is 83.4 Å². The summed E-state index contributed by atoms with van der Waals surface area (Å²) in [5, 5.41) is 8.70. The lowest BCUT2D eigenvalue weighted by Gasteiger charge is -2.09. The van der Waals surface area contributed by atoms with Crippen LogP contribution < -0.4 is 10.6 Å². The van der Waals surface area contributed by atoms with E-state index in [1.165, 1.54) is 6.08 Å². The van der Waals surface area contributed by atoms with E-state index in [4.69, 9.17) is 23.8 Å². The summed E-state index contributed by atoms with van der Waals surface area (Å²) in [4.78, 5) is 12.0. The molecule has 0 saturated heterocycles. The Kier molecular flexibility index (Phi) is 5.43. The molecular formula is C20H15ClN2OS. The zero-order valence-electron chi connectivity index (χ0n) is 13.2. The Bertz CT molecular complexity index is 969. The quantitative estimate of drug-likeness (QED) is 0.505. The van der Waals surface area contributed by atoms with Gasteiger partial charge in [-0.1, -0.05) is 60.1 Å². The molecule has 124 valence electrons. The van der Waals surface area contributed by atoms with Gasteiger partial charge in [0.15, 0.2) is 5.11 Å². The minimum absolute atomic E-state index is 0.240. The largest absolute Gasteiger partial charge is 0.332 e. The van der Waals surface area contributed by atoms with E-state index in [1.54, 1.807) is 12.1 Å². The van der Waals surface area contributed by atoms with Crippen molar-refractivity contribution in [3.8, 4) is 0 Å². The zero-order chi connectivity index (χ0) is 17.6. The minimum Gasteiger partial charge on any atom is -0.332 e. The number of hydrogen-bond donors (Lipinski definition) is 2. The molecule has 0 heterocycles. The zero-order valence-corrected chi connectivity index (χ0v) is 14.8. The Morgan fingerprint density at radius 3 is 2.48 bits per heavy atom. The van der Waals surface area contributed by atoms with Gasteiger partial charge in [-0.05, 0) is 52.8 Å². The molecule has 0 atom stereocenters. The number of nitrogens with one attached hydrogen (secondary N) is 2. The fraction of sp³-hybridized carbons (Fsp3) is 0. The van der Waals surface area contributed by atoms with Gasteiger partial charge in [0.2, 0.25) is 5.91 Å². The molecular weight excluding hydrogens is 352 g/mol. The molecule has 5 heteroatoms. The number of anilines is 1. The molecule has 0 spiro atoms. The lowest BCUT2D eigenvalue weighted by atomic mass is 10.1. The van der Waals surface area contributed by atoms with Crippen molar-refractivity contribution in [1.29, 1.82) is 0 Å². The molecule has 1 amide bonds. The van der Waals surface area contributed by atoms with Crippen LogP contribution in [0.2, 0.25) is 5.02 Å². The SMILES string of the molecule is O=C(/C=C/c1ccccc1Cl)NC(=S)Nc1ccc2ccccc2c1. The molecule has 0 aliphatic carbocycles. The maximum absolute atomic E-state index is 12.0. The van der Waals surface area contributed by atoms with Gasteiger partial charge in [-0.25, -0.2) is 0 Å². The fourth-order valence-corrected chi connectivity index (χ4v) is 2.78. The first-order valence-corrected chi connectivity index (χ1v) is 8.44. The van der Waals surface area contributed by atoms with E-state index >= 15 is 0 Å². The van der Waals surface area contributed by atoms with E-state index in [-0.39, 0.29) is 11.0 Å². The van der Waals surface area contributed by atoms with Crippen LogP contribution >= 0.6 is 23.8 Å². The Labute approximate surface area is 156 Å². The van der Waals surface area contributed by atoms with Crippen LogP contribution in [0.5, 0.6) is 0 Å². The molecule has 0 aliphatic rings. The van der Waals surface area contributed by atoms with Gasteiger partial charge in [0.1, 0.15) is 0 Å². The number of hydrogen-bond acceptors (Lipinski definition) is 2. The number of carbonyl (C=O) groups excluding carboxylic acids is 1. The summed E-state index contributed by atoms with van der Waals surface area (Å²) < 4.78 is 0. The molecule has 0 saturated carbocycles. The first kappa shape index (κ1) is 17.1. The molecule has 2 N–H and O–H groups in total. The van der Waals surface area contributed by atoms with Crippen LogP contribution in [0.1, 0.15) is 5.56 Å². The van der Waals surface area contributed by atoms with Gasteiger partial charge in [-0.15, -0.1) is 0 Å². The van der Waals surface area contributed by atoms with Crippen molar-refractivity contribution >= 4 is 57.4 Å². The highest BCUT2D eigenvalue weighted by atomic mass is 35.5. The van der Waals surface area contributed by atoms with Gasteiger partial charge in [0.25, 0.3) is 0 Å². The van der Waals surface area contributed by atoms with Crippen LogP contribution in [0.15, 0.2) is 72.8 Å². The average molecular weight is 367 g/mol. The van der Waals surface area contributed by atoms with E-state index in [0.29, 0.717) is 5.02 Å². The number of thiocarbonyl (C=S) groups is 1. The number of amides is 1. The number of fused-ring (bicyclic) bond motifs is 1. The highest BCUT2D eigenvalue weighted by Gasteiger charge is 2.03. The summed E-state index contributed by atoms with van der Waals surface area (Å²) in [7, 11) is 0. The summed E-state index contributed by atoms with van der Waals surface area (Å²) in [5.74, 6) is -0.321. The first-order valence-electron chi connectivity index (χ1n) is 7.65. The number of rotatable bonds is 3. The van der Waals surface area contributed by atoms with E-state index in [0.717, 1.165) is 22.0 Å². The molecule has 3 nitrogen and oxygen atoms in total. The summed E-state index contributed by atoms with van der Waals surface area (Å²) in [6.45, 7) is 0. The van der Waals surface area contributed by atoms with Crippen molar-refractivity contribution in [2.45, 2.75) is 0 Å². The predicted molar refractivity (Wildman–Crippen MR) is 109 cm³/mol.